The summed E-state index contributed by atoms with van der Waals surface area (Å²) in [5, 5.41) is 8.53. The van der Waals surface area contributed by atoms with Crippen molar-refractivity contribution in [2.24, 2.45) is 5.73 Å². The normalized spacial score (nSPS) is 10.4. The van der Waals surface area contributed by atoms with Gasteiger partial charge in [-0.15, -0.1) is 0 Å². The van der Waals surface area contributed by atoms with Crippen LogP contribution < -0.4 is 10.5 Å². The first-order valence-corrected chi connectivity index (χ1v) is 7.22. The Labute approximate surface area is 130 Å². The SMILES string of the molecule is NC(=O)N(CCOCCOCCO)CCOc1ccccc1. The number of rotatable bonds is 12. The van der Waals surface area contributed by atoms with Gasteiger partial charge in [-0.3, -0.25) is 0 Å². The number of hydrogen-bond donors (Lipinski definition) is 2. The Balaban J connectivity index is 2.12. The van der Waals surface area contributed by atoms with Crippen molar-refractivity contribution in [2.75, 3.05) is 52.7 Å². The first-order chi connectivity index (χ1) is 10.7. The minimum Gasteiger partial charge on any atom is -0.492 e. The molecule has 0 aliphatic carbocycles. The first kappa shape index (κ1) is 18.2. The second-order valence-electron chi connectivity index (χ2n) is 4.44. The molecule has 1 rings (SSSR count). The summed E-state index contributed by atoms with van der Waals surface area (Å²) in [7, 11) is 0. The summed E-state index contributed by atoms with van der Waals surface area (Å²) in [6, 6.07) is 8.87. The largest absolute Gasteiger partial charge is 0.492 e. The maximum Gasteiger partial charge on any atom is 0.314 e. The summed E-state index contributed by atoms with van der Waals surface area (Å²) in [5.41, 5.74) is 5.32. The number of para-hydroxylation sites is 1. The lowest BCUT2D eigenvalue weighted by atomic mass is 10.3. The van der Waals surface area contributed by atoms with Crippen molar-refractivity contribution >= 4 is 6.03 Å². The highest BCUT2D eigenvalue weighted by Crippen LogP contribution is 2.07. The molecular formula is C15H24N2O5. The van der Waals surface area contributed by atoms with E-state index in [2.05, 4.69) is 0 Å². The van der Waals surface area contributed by atoms with Crippen LogP contribution in [0.3, 0.4) is 0 Å². The van der Waals surface area contributed by atoms with Crippen LogP contribution in [0.25, 0.3) is 0 Å². The van der Waals surface area contributed by atoms with Gasteiger partial charge in [0.05, 0.1) is 39.6 Å². The van der Waals surface area contributed by atoms with Crippen molar-refractivity contribution in [3.8, 4) is 5.75 Å². The van der Waals surface area contributed by atoms with E-state index in [1.165, 1.54) is 4.90 Å². The summed E-state index contributed by atoms with van der Waals surface area (Å²) >= 11 is 0. The van der Waals surface area contributed by atoms with Gasteiger partial charge in [0.25, 0.3) is 0 Å². The van der Waals surface area contributed by atoms with Gasteiger partial charge in [0.2, 0.25) is 0 Å². The maximum atomic E-state index is 11.3. The molecule has 0 aliphatic rings. The molecule has 124 valence electrons. The van der Waals surface area contributed by atoms with Crippen molar-refractivity contribution in [1.29, 1.82) is 0 Å². The van der Waals surface area contributed by atoms with Crippen LogP contribution in [0, 0.1) is 0 Å². The third kappa shape index (κ3) is 8.46. The molecule has 0 atom stereocenters. The van der Waals surface area contributed by atoms with E-state index < -0.39 is 6.03 Å². The number of primary amides is 1. The number of benzene rings is 1. The van der Waals surface area contributed by atoms with E-state index in [-0.39, 0.29) is 6.61 Å². The Hall–Kier alpha value is -1.83. The highest BCUT2D eigenvalue weighted by atomic mass is 16.5. The minimum atomic E-state index is -0.503. The van der Waals surface area contributed by atoms with E-state index in [4.69, 9.17) is 25.1 Å². The Kier molecular flexibility index (Phi) is 9.76. The lowest BCUT2D eigenvalue weighted by molar-refractivity contribution is 0.0285. The molecule has 7 heteroatoms. The Morgan fingerprint density at radius 3 is 2.27 bits per heavy atom. The quantitative estimate of drug-likeness (QED) is 0.547. The molecule has 0 heterocycles. The van der Waals surface area contributed by atoms with Crippen LogP contribution in [0.15, 0.2) is 30.3 Å². The third-order valence-corrected chi connectivity index (χ3v) is 2.80. The fourth-order valence-corrected chi connectivity index (χ4v) is 1.68. The molecule has 7 nitrogen and oxygen atoms in total. The number of urea groups is 1. The number of carbonyl (C=O) groups excluding carboxylic acids is 1. The zero-order valence-electron chi connectivity index (χ0n) is 12.6. The van der Waals surface area contributed by atoms with Crippen molar-refractivity contribution in [2.45, 2.75) is 0 Å². The smallest absolute Gasteiger partial charge is 0.314 e. The molecule has 0 aliphatic heterocycles. The molecule has 3 N–H and O–H groups in total. The van der Waals surface area contributed by atoms with E-state index >= 15 is 0 Å². The molecule has 1 aromatic rings. The third-order valence-electron chi connectivity index (χ3n) is 2.80. The predicted molar refractivity (Wildman–Crippen MR) is 81.8 cm³/mol. The molecule has 0 saturated carbocycles. The van der Waals surface area contributed by atoms with E-state index in [1.54, 1.807) is 0 Å². The molecule has 0 aromatic heterocycles. The van der Waals surface area contributed by atoms with Crippen molar-refractivity contribution in [3.05, 3.63) is 30.3 Å². The van der Waals surface area contributed by atoms with E-state index in [0.29, 0.717) is 46.1 Å². The summed E-state index contributed by atoms with van der Waals surface area (Å²) in [5.74, 6) is 0.754. The van der Waals surface area contributed by atoms with Crippen LogP contribution >= 0.6 is 0 Å². The number of hydrogen-bond acceptors (Lipinski definition) is 5. The fraction of sp³-hybridized carbons (Fsp3) is 0.533. The number of carbonyl (C=O) groups is 1. The first-order valence-electron chi connectivity index (χ1n) is 7.22. The molecule has 0 saturated heterocycles. The van der Waals surface area contributed by atoms with Gasteiger partial charge in [-0.05, 0) is 12.1 Å². The van der Waals surface area contributed by atoms with Crippen LogP contribution in [0.1, 0.15) is 0 Å². The standard InChI is InChI=1S/C15H24N2O5/c16-15(19)17(6-9-20-12-13-21-11-8-18)7-10-22-14-4-2-1-3-5-14/h1-5,18H,6-13H2,(H2,16,19). The summed E-state index contributed by atoms with van der Waals surface area (Å²) in [6.07, 6.45) is 0. The highest BCUT2D eigenvalue weighted by Gasteiger charge is 2.09. The number of amides is 2. The lowest BCUT2D eigenvalue weighted by Gasteiger charge is -2.20. The molecule has 0 spiro atoms. The molecular weight excluding hydrogens is 288 g/mol. The molecule has 0 bridgehead atoms. The zero-order valence-corrected chi connectivity index (χ0v) is 12.6. The average molecular weight is 312 g/mol. The van der Waals surface area contributed by atoms with Gasteiger partial charge in [0.1, 0.15) is 12.4 Å². The van der Waals surface area contributed by atoms with E-state index in [0.717, 1.165) is 5.75 Å². The van der Waals surface area contributed by atoms with Crippen LogP contribution in [-0.4, -0.2) is 68.8 Å². The average Bonchev–Trinajstić information content (AvgIpc) is 2.53. The Morgan fingerprint density at radius 1 is 1.00 bits per heavy atom. The van der Waals surface area contributed by atoms with Crippen LogP contribution in [0.2, 0.25) is 0 Å². The lowest BCUT2D eigenvalue weighted by Crippen LogP contribution is -2.40. The summed E-state index contributed by atoms with van der Waals surface area (Å²) < 4.78 is 15.9. The fourth-order valence-electron chi connectivity index (χ4n) is 1.68. The molecule has 22 heavy (non-hydrogen) atoms. The van der Waals surface area contributed by atoms with E-state index in [9.17, 15) is 4.79 Å². The van der Waals surface area contributed by atoms with Crippen molar-refractivity contribution < 1.29 is 24.1 Å². The molecule has 0 unspecified atom stereocenters. The van der Waals surface area contributed by atoms with Gasteiger partial charge < -0.3 is 30.0 Å². The van der Waals surface area contributed by atoms with Gasteiger partial charge in [-0.2, -0.15) is 0 Å². The maximum absolute atomic E-state index is 11.3. The Morgan fingerprint density at radius 2 is 1.64 bits per heavy atom. The second-order valence-corrected chi connectivity index (χ2v) is 4.44. The molecule has 0 radical (unpaired) electrons. The molecule has 1 aromatic carbocycles. The van der Waals surface area contributed by atoms with E-state index in [1.807, 2.05) is 30.3 Å². The number of nitrogens with zero attached hydrogens (tertiary/aromatic N) is 1. The zero-order chi connectivity index (χ0) is 16.0. The Bertz CT molecular complexity index is 402. The van der Waals surface area contributed by atoms with Gasteiger partial charge >= 0.3 is 6.03 Å². The summed E-state index contributed by atoms with van der Waals surface area (Å²) in [4.78, 5) is 12.8. The predicted octanol–water partition coefficient (Wildman–Crippen LogP) is 0.472. The second kappa shape index (κ2) is 11.8. The molecule has 0 fully saturated rings. The number of aliphatic hydroxyl groups is 1. The molecule has 2 amide bonds. The number of ether oxygens (including phenoxy) is 3. The number of nitrogens with two attached hydrogens (primary N) is 1. The van der Waals surface area contributed by atoms with Crippen molar-refractivity contribution in [3.63, 3.8) is 0 Å². The summed E-state index contributed by atoms with van der Waals surface area (Å²) in [6.45, 7) is 2.65. The number of aliphatic hydroxyl groups excluding tert-OH is 1. The minimum absolute atomic E-state index is 0.00311. The highest BCUT2D eigenvalue weighted by molar-refractivity contribution is 5.71. The van der Waals surface area contributed by atoms with Gasteiger partial charge in [-0.25, -0.2) is 4.79 Å². The van der Waals surface area contributed by atoms with Gasteiger partial charge in [0.15, 0.2) is 0 Å². The topological polar surface area (TPSA) is 94.3 Å². The van der Waals surface area contributed by atoms with Crippen molar-refractivity contribution in [1.82, 2.24) is 4.90 Å². The van der Waals surface area contributed by atoms with Crippen LogP contribution in [0.4, 0.5) is 4.79 Å². The monoisotopic (exact) mass is 312 g/mol. The van der Waals surface area contributed by atoms with Crippen LogP contribution in [-0.2, 0) is 9.47 Å². The van der Waals surface area contributed by atoms with Gasteiger partial charge in [0, 0.05) is 6.54 Å². The van der Waals surface area contributed by atoms with Gasteiger partial charge in [-0.1, -0.05) is 18.2 Å². The van der Waals surface area contributed by atoms with Crippen LogP contribution in [0.5, 0.6) is 5.75 Å².